The third-order valence-electron chi connectivity index (χ3n) is 5.97. The fourth-order valence-corrected chi connectivity index (χ4v) is 4.06. The van der Waals surface area contributed by atoms with Crippen molar-refractivity contribution in [3.05, 3.63) is 59.8 Å². The Morgan fingerprint density at radius 2 is 1.85 bits per heavy atom. The fourth-order valence-electron chi connectivity index (χ4n) is 4.06. The van der Waals surface area contributed by atoms with Gasteiger partial charge in [0.1, 0.15) is 5.69 Å². The van der Waals surface area contributed by atoms with Crippen LogP contribution in [0.2, 0.25) is 0 Å². The van der Waals surface area contributed by atoms with E-state index in [0.29, 0.717) is 61.7 Å². The number of imidazole rings is 1. The zero-order chi connectivity index (χ0) is 28.7. The van der Waals surface area contributed by atoms with Gasteiger partial charge in [-0.25, -0.2) is 14.8 Å². The van der Waals surface area contributed by atoms with Crippen LogP contribution in [0, 0.1) is 0 Å². The standard InChI is InChI=1S/C25H29F3N10O2/c1-2-15-12-16(4-5-17(15)23(39)31-7-3-8-32-24(40)33-9-6-29)36-21-22-34-14-19(38(22)11-10-30-21)18-13-35-37-20(18)25(26,27)28/h4-5,10-14H,2-3,6-9,29H2,1H3,(H,30,36)(H,31,39)(H,35,37)(H2,32,33,40). The number of benzene rings is 1. The molecular weight excluding hydrogens is 529 g/mol. The monoisotopic (exact) mass is 558 g/mol. The number of aromatic nitrogens is 5. The summed E-state index contributed by atoms with van der Waals surface area (Å²) in [4.78, 5) is 32.9. The van der Waals surface area contributed by atoms with E-state index in [1.807, 2.05) is 18.1 Å². The number of rotatable bonds is 11. The number of carbonyl (C=O) groups excluding carboxylic acids is 2. The largest absolute Gasteiger partial charge is 0.433 e. The molecule has 0 aliphatic rings. The van der Waals surface area contributed by atoms with Gasteiger partial charge in [-0.05, 0) is 36.6 Å². The highest BCUT2D eigenvalue weighted by Gasteiger charge is 2.36. The molecular formula is C25H29F3N10O2. The van der Waals surface area contributed by atoms with Crippen molar-refractivity contribution in [3.63, 3.8) is 0 Å². The van der Waals surface area contributed by atoms with Crippen LogP contribution in [0.4, 0.5) is 29.5 Å². The highest BCUT2D eigenvalue weighted by atomic mass is 19.4. The van der Waals surface area contributed by atoms with Gasteiger partial charge >= 0.3 is 12.2 Å². The molecule has 3 amide bonds. The van der Waals surface area contributed by atoms with Crippen LogP contribution in [0.3, 0.4) is 0 Å². The molecule has 4 aromatic rings. The molecule has 0 unspecified atom stereocenters. The van der Waals surface area contributed by atoms with Crippen molar-refractivity contribution in [2.75, 3.05) is 31.5 Å². The van der Waals surface area contributed by atoms with E-state index in [4.69, 9.17) is 5.73 Å². The van der Waals surface area contributed by atoms with Gasteiger partial charge in [0.25, 0.3) is 5.91 Å². The second kappa shape index (κ2) is 12.5. The summed E-state index contributed by atoms with van der Waals surface area (Å²) in [7, 11) is 0. The smallest absolute Gasteiger partial charge is 0.352 e. The van der Waals surface area contributed by atoms with E-state index in [9.17, 15) is 22.8 Å². The zero-order valence-corrected chi connectivity index (χ0v) is 21.6. The average molecular weight is 559 g/mol. The molecule has 0 fully saturated rings. The highest BCUT2D eigenvalue weighted by molar-refractivity contribution is 5.96. The molecule has 12 nitrogen and oxygen atoms in total. The number of nitrogens with zero attached hydrogens (tertiary/aromatic N) is 4. The summed E-state index contributed by atoms with van der Waals surface area (Å²) in [5, 5.41) is 16.8. The minimum absolute atomic E-state index is 0.133. The fraction of sp³-hybridized carbons (Fsp3) is 0.320. The average Bonchev–Trinajstić information content (AvgIpc) is 3.59. The van der Waals surface area contributed by atoms with Crippen LogP contribution in [0.25, 0.3) is 16.9 Å². The molecule has 212 valence electrons. The molecule has 0 spiro atoms. The summed E-state index contributed by atoms with van der Waals surface area (Å²) in [5.74, 6) is 0.0859. The second-order valence-corrected chi connectivity index (χ2v) is 8.70. The molecule has 0 atom stereocenters. The molecule has 15 heteroatoms. The molecule has 0 saturated heterocycles. The number of fused-ring (bicyclic) bond motifs is 1. The number of anilines is 2. The maximum Gasteiger partial charge on any atom is 0.433 e. The maximum atomic E-state index is 13.4. The van der Waals surface area contributed by atoms with E-state index in [1.54, 1.807) is 12.1 Å². The van der Waals surface area contributed by atoms with Gasteiger partial charge in [0.05, 0.1) is 23.7 Å². The molecule has 0 aliphatic carbocycles. The Kier molecular flexibility index (Phi) is 8.83. The SMILES string of the molecule is CCc1cc(Nc2nccn3c(-c4cn[nH]c4C(F)(F)F)cnc23)ccc1C(=O)NCCCNC(=O)NCCN. The van der Waals surface area contributed by atoms with Crippen molar-refractivity contribution in [3.8, 4) is 11.3 Å². The lowest BCUT2D eigenvalue weighted by Crippen LogP contribution is -2.39. The Bertz CT molecular complexity index is 1480. The van der Waals surface area contributed by atoms with E-state index in [-0.39, 0.29) is 23.2 Å². The Labute approximate surface area is 227 Å². The van der Waals surface area contributed by atoms with E-state index in [2.05, 4.69) is 36.3 Å². The lowest BCUT2D eigenvalue weighted by molar-refractivity contribution is -0.140. The van der Waals surface area contributed by atoms with Crippen molar-refractivity contribution in [1.29, 1.82) is 0 Å². The lowest BCUT2D eigenvalue weighted by atomic mass is 10.0. The summed E-state index contributed by atoms with van der Waals surface area (Å²) in [6.45, 7) is 3.43. The number of nitrogens with two attached hydrogens (primary N) is 1. The Hall–Kier alpha value is -4.66. The number of hydrogen-bond donors (Lipinski definition) is 6. The summed E-state index contributed by atoms with van der Waals surface area (Å²) < 4.78 is 41.7. The molecule has 0 aliphatic heterocycles. The highest BCUT2D eigenvalue weighted by Crippen LogP contribution is 2.36. The number of halogens is 3. The van der Waals surface area contributed by atoms with Crippen molar-refractivity contribution >= 4 is 29.1 Å². The second-order valence-electron chi connectivity index (χ2n) is 8.70. The first-order chi connectivity index (χ1) is 19.2. The number of amides is 3. The normalized spacial score (nSPS) is 11.4. The molecule has 0 radical (unpaired) electrons. The van der Waals surface area contributed by atoms with E-state index in [0.717, 1.165) is 11.8 Å². The number of aromatic amines is 1. The summed E-state index contributed by atoms with van der Waals surface area (Å²) >= 11 is 0. The molecule has 4 rings (SSSR count). The van der Waals surface area contributed by atoms with Gasteiger partial charge in [-0.15, -0.1) is 0 Å². The van der Waals surface area contributed by atoms with Crippen LogP contribution < -0.4 is 27.0 Å². The number of H-pyrrole nitrogens is 1. The van der Waals surface area contributed by atoms with Gasteiger partial charge < -0.3 is 27.0 Å². The van der Waals surface area contributed by atoms with Gasteiger partial charge in [0.2, 0.25) is 0 Å². The maximum absolute atomic E-state index is 13.4. The van der Waals surface area contributed by atoms with Gasteiger partial charge in [-0.1, -0.05) is 6.92 Å². The summed E-state index contributed by atoms with van der Waals surface area (Å²) in [5.41, 5.74) is 6.68. The molecule has 3 heterocycles. The molecule has 3 aromatic heterocycles. The first kappa shape index (κ1) is 28.4. The third kappa shape index (κ3) is 6.48. The lowest BCUT2D eigenvalue weighted by Gasteiger charge is -2.13. The van der Waals surface area contributed by atoms with Crippen LogP contribution in [0.1, 0.15) is 35.0 Å². The van der Waals surface area contributed by atoms with Crippen LogP contribution in [-0.2, 0) is 12.6 Å². The molecule has 0 saturated carbocycles. The third-order valence-corrected chi connectivity index (χ3v) is 5.97. The minimum Gasteiger partial charge on any atom is -0.352 e. The quantitative estimate of drug-likeness (QED) is 0.154. The summed E-state index contributed by atoms with van der Waals surface area (Å²) in [6, 6.07) is 4.90. The number of alkyl halides is 3. The van der Waals surface area contributed by atoms with Gasteiger partial charge in [-0.3, -0.25) is 14.3 Å². The van der Waals surface area contributed by atoms with Crippen molar-refractivity contribution < 1.29 is 22.8 Å². The first-order valence-corrected chi connectivity index (χ1v) is 12.6. The number of urea groups is 1. The Balaban J connectivity index is 1.44. The number of aryl methyl sites for hydroxylation is 1. The summed E-state index contributed by atoms with van der Waals surface area (Å²) in [6.07, 6.45) is 1.92. The van der Waals surface area contributed by atoms with Crippen LogP contribution in [0.15, 0.2) is 43.0 Å². The number of carbonyl (C=O) groups is 2. The van der Waals surface area contributed by atoms with E-state index < -0.39 is 11.9 Å². The van der Waals surface area contributed by atoms with Crippen molar-refractivity contribution in [2.24, 2.45) is 5.73 Å². The van der Waals surface area contributed by atoms with Crippen LogP contribution in [-0.4, -0.2) is 62.7 Å². The van der Waals surface area contributed by atoms with Gasteiger partial charge in [0, 0.05) is 49.8 Å². The van der Waals surface area contributed by atoms with E-state index in [1.165, 1.54) is 23.0 Å². The number of hydrogen-bond acceptors (Lipinski definition) is 7. The molecule has 1 aromatic carbocycles. The zero-order valence-electron chi connectivity index (χ0n) is 21.6. The van der Waals surface area contributed by atoms with E-state index >= 15 is 0 Å². The number of nitrogens with one attached hydrogen (secondary N) is 5. The van der Waals surface area contributed by atoms with Gasteiger partial charge in [0.15, 0.2) is 11.5 Å². The predicted molar refractivity (Wildman–Crippen MR) is 142 cm³/mol. The van der Waals surface area contributed by atoms with Crippen molar-refractivity contribution in [2.45, 2.75) is 25.9 Å². The Morgan fingerprint density at radius 1 is 1.07 bits per heavy atom. The molecule has 40 heavy (non-hydrogen) atoms. The molecule has 7 N–H and O–H groups in total. The Morgan fingerprint density at radius 3 is 2.60 bits per heavy atom. The van der Waals surface area contributed by atoms with Gasteiger partial charge in [-0.2, -0.15) is 18.3 Å². The first-order valence-electron chi connectivity index (χ1n) is 12.6. The van der Waals surface area contributed by atoms with Crippen LogP contribution in [0.5, 0.6) is 0 Å². The van der Waals surface area contributed by atoms with Crippen molar-refractivity contribution in [1.82, 2.24) is 40.5 Å². The molecule has 0 bridgehead atoms. The van der Waals surface area contributed by atoms with Crippen LogP contribution >= 0.6 is 0 Å². The predicted octanol–water partition coefficient (Wildman–Crippen LogP) is 2.82. The minimum atomic E-state index is -4.60. The topological polar surface area (TPSA) is 167 Å².